The fourth-order valence-corrected chi connectivity index (χ4v) is 14.4. The molecule has 3 heteroatoms. The standard InChI is InChI=1S/2C11H9.C3H6.2ClH.Hf/c2*1-2-6-10(7-3-1)11-8-4-5-9-11;1-3-2;;;/h2*1-3,6-9H,4H2;1-2H3;2*1H;. The van der Waals surface area contributed by atoms with Crippen molar-refractivity contribution in [3.8, 4) is 0 Å². The molecule has 0 aromatic heterocycles. The van der Waals surface area contributed by atoms with Crippen molar-refractivity contribution in [2.75, 3.05) is 0 Å². The van der Waals surface area contributed by atoms with Gasteiger partial charge in [-0.3, -0.25) is 0 Å². The molecule has 0 aliphatic heterocycles. The topological polar surface area (TPSA) is 0 Å². The van der Waals surface area contributed by atoms with Gasteiger partial charge >= 0.3 is 165 Å². The molecule has 2 aliphatic rings. The van der Waals surface area contributed by atoms with E-state index in [-0.39, 0.29) is 24.8 Å². The van der Waals surface area contributed by atoms with Gasteiger partial charge in [0.25, 0.3) is 0 Å². The first-order valence-corrected chi connectivity index (χ1v) is 14.7. The van der Waals surface area contributed by atoms with Crippen LogP contribution in [0.25, 0.3) is 11.1 Å². The van der Waals surface area contributed by atoms with Crippen LogP contribution < -0.4 is 0 Å². The second-order valence-electron chi connectivity index (χ2n) is 7.17. The van der Waals surface area contributed by atoms with Crippen LogP contribution in [0, 0.1) is 0 Å². The van der Waals surface area contributed by atoms with Crippen molar-refractivity contribution in [1.29, 1.82) is 0 Å². The molecule has 0 spiro atoms. The first-order chi connectivity index (χ1) is 12.7. The summed E-state index contributed by atoms with van der Waals surface area (Å²) in [5.41, 5.74) is 5.54. The molecule has 2 aliphatic carbocycles. The monoisotopic (exact) mass is 576 g/mol. The summed E-state index contributed by atoms with van der Waals surface area (Å²) >= 11 is -2.08. The van der Waals surface area contributed by atoms with E-state index >= 15 is 0 Å². The van der Waals surface area contributed by atoms with Crippen LogP contribution in [0.1, 0.15) is 37.8 Å². The van der Waals surface area contributed by atoms with Crippen LogP contribution in [0.3, 0.4) is 0 Å². The second kappa shape index (κ2) is 10.5. The molecular formula is C25H26Cl2Hf. The van der Waals surface area contributed by atoms with Crippen molar-refractivity contribution in [3.05, 3.63) is 103 Å². The molecule has 0 nitrogen and oxygen atoms in total. The smallest absolute Gasteiger partial charge is 0.147 e. The van der Waals surface area contributed by atoms with E-state index in [1.165, 1.54) is 22.3 Å². The largest absolute Gasteiger partial charge is 0.147 e. The molecule has 2 aromatic rings. The van der Waals surface area contributed by atoms with Crippen molar-refractivity contribution >= 4 is 39.2 Å². The fourth-order valence-electron chi connectivity index (χ4n) is 3.91. The molecule has 4 rings (SSSR count). The van der Waals surface area contributed by atoms with E-state index in [1.807, 2.05) is 0 Å². The van der Waals surface area contributed by atoms with E-state index in [2.05, 4.69) is 98.8 Å². The maximum Gasteiger partial charge on any atom is -0.147 e. The first-order valence-electron chi connectivity index (χ1n) is 9.33. The minimum Gasteiger partial charge on any atom is -0.147 e. The van der Waals surface area contributed by atoms with Gasteiger partial charge in [0, 0.05) is 0 Å². The summed E-state index contributed by atoms with van der Waals surface area (Å²) in [6.45, 7) is 4.73. The summed E-state index contributed by atoms with van der Waals surface area (Å²) in [6.07, 6.45) is 12.2. The number of hydrogen-bond acceptors (Lipinski definition) is 0. The van der Waals surface area contributed by atoms with E-state index in [9.17, 15) is 0 Å². The Balaban J connectivity index is 0.00000140. The Hall–Kier alpha value is -1.28. The molecule has 0 saturated heterocycles. The molecule has 0 unspecified atom stereocenters. The van der Waals surface area contributed by atoms with Gasteiger partial charge in [-0.1, -0.05) is 0 Å². The third-order valence-corrected chi connectivity index (χ3v) is 15.8. The maximum atomic E-state index is 2.51. The Morgan fingerprint density at radius 1 is 0.643 bits per heavy atom. The summed E-state index contributed by atoms with van der Waals surface area (Å²) < 4.78 is 5.17. The van der Waals surface area contributed by atoms with Crippen LogP contribution >= 0.6 is 24.8 Å². The molecule has 0 heterocycles. The van der Waals surface area contributed by atoms with Gasteiger partial charge in [0.05, 0.1) is 0 Å². The molecule has 2 aromatic carbocycles. The number of hydrogen-bond donors (Lipinski definition) is 0. The molecule has 144 valence electrons. The summed E-state index contributed by atoms with van der Waals surface area (Å²) in [6, 6.07) is 21.6. The summed E-state index contributed by atoms with van der Waals surface area (Å²) in [5.74, 6) is 0. The van der Waals surface area contributed by atoms with Gasteiger partial charge < -0.3 is 0 Å². The molecule has 0 atom stereocenters. The van der Waals surface area contributed by atoms with Crippen molar-refractivity contribution in [3.63, 3.8) is 0 Å². The molecular weight excluding hydrogens is 550 g/mol. The van der Waals surface area contributed by atoms with Gasteiger partial charge in [-0.2, -0.15) is 0 Å². The van der Waals surface area contributed by atoms with Crippen LogP contribution in [0.4, 0.5) is 0 Å². The number of rotatable bonds is 4. The van der Waals surface area contributed by atoms with E-state index in [0.717, 1.165) is 12.8 Å². The Morgan fingerprint density at radius 3 is 1.39 bits per heavy atom. The molecule has 0 N–H and O–H groups in total. The molecule has 0 saturated carbocycles. The van der Waals surface area contributed by atoms with E-state index in [4.69, 9.17) is 0 Å². The zero-order valence-corrected chi connectivity index (χ0v) is 21.5. The maximum absolute atomic E-state index is 2.51. The predicted molar refractivity (Wildman–Crippen MR) is 125 cm³/mol. The minimum absolute atomic E-state index is 0. The van der Waals surface area contributed by atoms with Gasteiger partial charge in [0.15, 0.2) is 0 Å². The Morgan fingerprint density at radius 2 is 1.04 bits per heavy atom. The van der Waals surface area contributed by atoms with Crippen LogP contribution in [-0.2, 0) is 21.0 Å². The van der Waals surface area contributed by atoms with Crippen molar-refractivity contribution in [1.82, 2.24) is 0 Å². The van der Waals surface area contributed by atoms with E-state index < -0.39 is 21.0 Å². The van der Waals surface area contributed by atoms with Crippen LogP contribution in [0.15, 0.2) is 91.6 Å². The minimum atomic E-state index is -2.08. The molecule has 0 amide bonds. The van der Waals surface area contributed by atoms with Gasteiger partial charge in [-0.25, -0.2) is 0 Å². The van der Waals surface area contributed by atoms with Crippen molar-refractivity contribution < 1.29 is 21.0 Å². The summed E-state index contributed by atoms with van der Waals surface area (Å²) in [7, 11) is 0. The van der Waals surface area contributed by atoms with Crippen LogP contribution in [0.2, 0.25) is 0 Å². The predicted octanol–water partition coefficient (Wildman–Crippen LogP) is 7.40. The normalized spacial score (nSPS) is 14.8. The molecule has 0 bridgehead atoms. The van der Waals surface area contributed by atoms with E-state index in [1.54, 1.807) is 9.91 Å². The molecule has 0 fully saturated rings. The number of halogens is 2. The fraction of sp³-hybridized carbons (Fsp3) is 0.160. The number of allylic oxidation sites excluding steroid dienone is 8. The SMILES string of the molecule is C[C](C)=[Hf]([C]1=CC(c2ccccc2)=CC1)[C]1=CC(c2ccccc2)=CC1.Cl.Cl. The average molecular weight is 576 g/mol. The van der Waals surface area contributed by atoms with E-state index in [0.29, 0.717) is 0 Å². The van der Waals surface area contributed by atoms with Crippen LogP contribution in [-0.4, -0.2) is 3.26 Å². The Kier molecular flexibility index (Phi) is 8.61. The van der Waals surface area contributed by atoms with Gasteiger partial charge in [0.1, 0.15) is 0 Å². The van der Waals surface area contributed by atoms with Gasteiger partial charge in [-0.15, -0.1) is 24.8 Å². The van der Waals surface area contributed by atoms with Crippen LogP contribution in [0.5, 0.6) is 0 Å². The van der Waals surface area contributed by atoms with Crippen molar-refractivity contribution in [2.24, 2.45) is 0 Å². The summed E-state index contributed by atoms with van der Waals surface area (Å²) in [5, 5.41) is 0. The number of benzene rings is 2. The average Bonchev–Trinajstić information content (AvgIpc) is 3.34. The summed E-state index contributed by atoms with van der Waals surface area (Å²) in [4.78, 5) is 0. The Bertz CT molecular complexity index is 898. The zero-order valence-electron chi connectivity index (χ0n) is 16.3. The second-order valence-corrected chi connectivity index (χ2v) is 18.1. The molecule has 28 heavy (non-hydrogen) atoms. The third-order valence-electron chi connectivity index (χ3n) is 5.10. The quantitative estimate of drug-likeness (QED) is 0.333. The third kappa shape index (κ3) is 5.00. The Labute approximate surface area is 188 Å². The zero-order chi connectivity index (χ0) is 17.9. The van der Waals surface area contributed by atoms with Gasteiger partial charge in [0.2, 0.25) is 0 Å². The van der Waals surface area contributed by atoms with Crippen molar-refractivity contribution in [2.45, 2.75) is 26.7 Å². The molecule has 0 radical (unpaired) electrons. The first kappa shape index (κ1) is 23.0. The van der Waals surface area contributed by atoms with Gasteiger partial charge in [-0.05, 0) is 0 Å².